The van der Waals surface area contributed by atoms with Crippen LogP contribution < -0.4 is 0 Å². The van der Waals surface area contributed by atoms with Crippen LogP contribution in [0.1, 0.15) is 51.2 Å². The Kier molecular flexibility index (Phi) is 8.04. The summed E-state index contributed by atoms with van der Waals surface area (Å²) in [5, 5.41) is 8.73. The normalized spacial score (nSPS) is 12.1. The van der Waals surface area contributed by atoms with Gasteiger partial charge in [0, 0.05) is 12.6 Å². The Balaban J connectivity index is 2.87. The molecule has 0 saturated carbocycles. The number of aliphatic hydroxyl groups excluding tert-OH is 1. The first kappa shape index (κ1) is 17.7. The smallest absolute Gasteiger partial charge is 0.138 e. The summed E-state index contributed by atoms with van der Waals surface area (Å²) in [6.45, 7) is 8.22. The Hall–Kier alpha value is -1.37. The molecule has 21 heavy (non-hydrogen) atoms. The van der Waals surface area contributed by atoms with Crippen molar-refractivity contribution in [2.45, 2.75) is 52.6 Å². The molecule has 0 aliphatic carbocycles. The Morgan fingerprint density at radius 3 is 2.71 bits per heavy atom. The maximum Gasteiger partial charge on any atom is 0.138 e. The fraction of sp³-hybridized carbons (Fsp3) is 0.556. The van der Waals surface area contributed by atoms with Crippen LogP contribution in [0.2, 0.25) is 0 Å². The first-order chi connectivity index (χ1) is 10.1. The lowest BCUT2D eigenvalue weighted by molar-refractivity contribution is 0.192. The van der Waals surface area contributed by atoms with Gasteiger partial charge in [-0.3, -0.25) is 4.90 Å². The minimum atomic E-state index is -0.330. The van der Waals surface area contributed by atoms with Crippen molar-refractivity contribution in [2.24, 2.45) is 0 Å². The molecule has 0 bridgehead atoms. The van der Waals surface area contributed by atoms with Gasteiger partial charge < -0.3 is 5.11 Å². The van der Waals surface area contributed by atoms with Crippen LogP contribution in [-0.2, 0) is 6.54 Å². The first-order valence-corrected chi connectivity index (χ1v) is 7.74. The largest absolute Gasteiger partial charge is 0.384 e. The molecule has 1 atom stereocenters. The summed E-state index contributed by atoms with van der Waals surface area (Å²) in [5.41, 5.74) is 1.43. The zero-order chi connectivity index (χ0) is 15.7. The van der Waals surface area contributed by atoms with Crippen LogP contribution in [0.3, 0.4) is 0 Å². The molecular formula is C18H26FNO. The Morgan fingerprint density at radius 2 is 2.10 bits per heavy atom. The van der Waals surface area contributed by atoms with Gasteiger partial charge in [0.2, 0.25) is 0 Å². The molecular weight excluding hydrogens is 265 g/mol. The van der Waals surface area contributed by atoms with Crippen molar-refractivity contribution in [2.75, 3.05) is 13.2 Å². The lowest BCUT2D eigenvalue weighted by atomic mass is 10.1. The van der Waals surface area contributed by atoms with Crippen LogP contribution in [0.25, 0.3) is 0 Å². The second-order valence-corrected chi connectivity index (χ2v) is 5.36. The zero-order valence-corrected chi connectivity index (χ0v) is 13.3. The molecule has 0 aliphatic heterocycles. The maximum atomic E-state index is 13.7. The summed E-state index contributed by atoms with van der Waals surface area (Å²) in [5.74, 6) is 4.84. The van der Waals surface area contributed by atoms with Gasteiger partial charge in [-0.15, -0.1) is 0 Å². The average molecular weight is 291 g/mol. The molecule has 0 radical (unpaired) electrons. The third-order valence-corrected chi connectivity index (χ3v) is 3.73. The van der Waals surface area contributed by atoms with Crippen molar-refractivity contribution in [3.05, 3.63) is 35.1 Å². The number of nitrogens with zero attached hydrogens (tertiary/aromatic N) is 1. The predicted molar refractivity (Wildman–Crippen MR) is 85.4 cm³/mol. The summed E-state index contributed by atoms with van der Waals surface area (Å²) in [6.07, 6.45) is 3.44. The quantitative estimate of drug-likeness (QED) is 0.776. The van der Waals surface area contributed by atoms with E-state index in [9.17, 15) is 4.39 Å². The lowest BCUT2D eigenvalue weighted by Gasteiger charge is -2.28. The maximum absolute atomic E-state index is 13.7. The number of rotatable bonds is 7. The van der Waals surface area contributed by atoms with Gasteiger partial charge in [0.15, 0.2) is 0 Å². The van der Waals surface area contributed by atoms with Gasteiger partial charge in [-0.1, -0.05) is 38.2 Å². The fourth-order valence-electron chi connectivity index (χ4n) is 2.21. The highest BCUT2D eigenvalue weighted by molar-refractivity contribution is 5.38. The number of benzene rings is 1. The number of hydrogen-bond donors (Lipinski definition) is 1. The summed E-state index contributed by atoms with van der Waals surface area (Å²) in [7, 11) is 0. The van der Waals surface area contributed by atoms with Crippen LogP contribution in [0.15, 0.2) is 18.2 Å². The molecule has 2 nitrogen and oxygen atoms in total. The molecule has 0 fully saturated rings. The van der Waals surface area contributed by atoms with Gasteiger partial charge in [-0.25, -0.2) is 4.39 Å². The number of aliphatic hydroxyl groups is 1. The topological polar surface area (TPSA) is 23.5 Å². The molecule has 1 aromatic rings. The summed E-state index contributed by atoms with van der Waals surface area (Å²) in [6, 6.07) is 5.58. The summed E-state index contributed by atoms with van der Waals surface area (Å²) < 4.78 is 13.7. The van der Waals surface area contributed by atoms with Gasteiger partial charge >= 0.3 is 0 Å². The van der Waals surface area contributed by atoms with E-state index in [4.69, 9.17) is 5.11 Å². The van der Waals surface area contributed by atoms with Gasteiger partial charge in [0.1, 0.15) is 12.4 Å². The van der Waals surface area contributed by atoms with Crippen molar-refractivity contribution >= 4 is 0 Å². The van der Waals surface area contributed by atoms with Gasteiger partial charge in [-0.05, 0) is 44.0 Å². The highest BCUT2D eigenvalue weighted by atomic mass is 19.1. The van der Waals surface area contributed by atoms with Gasteiger partial charge in [0.25, 0.3) is 0 Å². The van der Waals surface area contributed by atoms with E-state index < -0.39 is 0 Å². The summed E-state index contributed by atoms with van der Waals surface area (Å²) >= 11 is 0. The van der Waals surface area contributed by atoms with Crippen molar-refractivity contribution < 1.29 is 9.50 Å². The second kappa shape index (κ2) is 9.55. The molecule has 0 spiro atoms. The van der Waals surface area contributed by atoms with E-state index in [0.29, 0.717) is 11.6 Å². The van der Waals surface area contributed by atoms with E-state index in [1.807, 2.05) is 6.07 Å². The van der Waals surface area contributed by atoms with E-state index in [-0.39, 0.29) is 12.4 Å². The molecule has 3 heteroatoms. The Labute approximate surface area is 128 Å². The van der Waals surface area contributed by atoms with Crippen molar-refractivity contribution in [3.8, 4) is 11.8 Å². The number of unbranched alkanes of at least 4 members (excludes halogenated alkanes) is 1. The molecule has 116 valence electrons. The highest BCUT2D eigenvalue weighted by Crippen LogP contribution is 2.15. The van der Waals surface area contributed by atoms with Crippen LogP contribution in [0, 0.1) is 17.7 Å². The van der Waals surface area contributed by atoms with Crippen molar-refractivity contribution in [1.82, 2.24) is 4.90 Å². The minimum absolute atomic E-state index is 0.251. The van der Waals surface area contributed by atoms with Gasteiger partial charge in [-0.2, -0.15) is 0 Å². The zero-order valence-electron chi connectivity index (χ0n) is 13.3. The third-order valence-electron chi connectivity index (χ3n) is 3.73. The average Bonchev–Trinajstić information content (AvgIpc) is 2.50. The monoisotopic (exact) mass is 291 g/mol. The fourth-order valence-corrected chi connectivity index (χ4v) is 2.21. The van der Waals surface area contributed by atoms with Crippen LogP contribution in [0.5, 0.6) is 0 Å². The Bertz CT molecular complexity index is 490. The first-order valence-electron chi connectivity index (χ1n) is 7.74. The highest BCUT2D eigenvalue weighted by Gasteiger charge is 2.13. The molecule has 0 saturated heterocycles. The summed E-state index contributed by atoms with van der Waals surface area (Å²) in [4.78, 5) is 2.43. The molecule has 0 heterocycles. The molecule has 0 amide bonds. The van der Waals surface area contributed by atoms with Crippen LogP contribution in [0.4, 0.5) is 4.39 Å². The standard InChI is InChI=1S/C18H26FNO/c1-4-6-11-20(15(3)5-2)14-16-9-10-18(19)17(13-16)8-7-12-21/h9-10,13,15,21H,4-6,11-12,14H2,1-3H3. The number of hydrogen-bond acceptors (Lipinski definition) is 2. The van der Waals surface area contributed by atoms with Crippen LogP contribution >= 0.6 is 0 Å². The molecule has 1 unspecified atom stereocenters. The Morgan fingerprint density at radius 1 is 1.33 bits per heavy atom. The second-order valence-electron chi connectivity index (χ2n) is 5.36. The van der Waals surface area contributed by atoms with E-state index in [1.54, 1.807) is 6.07 Å². The van der Waals surface area contributed by atoms with E-state index in [2.05, 4.69) is 37.5 Å². The van der Waals surface area contributed by atoms with Crippen LogP contribution in [-0.4, -0.2) is 29.2 Å². The van der Waals surface area contributed by atoms with E-state index >= 15 is 0 Å². The number of halogens is 1. The van der Waals surface area contributed by atoms with Crippen molar-refractivity contribution in [1.29, 1.82) is 0 Å². The van der Waals surface area contributed by atoms with Crippen molar-refractivity contribution in [3.63, 3.8) is 0 Å². The van der Waals surface area contributed by atoms with E-state index in [0.717, 1.165) is 25.1 Å². The minimum Gasteiger partial charge on any atom is -0.384 e. The van der Waals surface area contributed by atoms with E-state index in [1.165, 1.54) is 18.9 Å². The molecule has 0 aromatic heterocycles. The molecule has 1 aromatic carbocycles. The molecule has 1 N–H and O–H groups in total. The molecule has 0 aliphatic rings. The third kappa shape index (κ3) is 5.87. The lowest BCUT2D eigenvalue weighted by Crippen LogP contribution is -2.33. The SMILES string of the molecule is CCCCN(Cc1ccc(F)c(C#CCO)c1)C(C)CC. The molecule has 1 rings (SSSR count). The predicted octanol–water partition coefficient (Wildman–Crippen LogP) is 3.57. The van der Waals surface area contributed by atoms with Gasteiger partial charge in [0.05, 0.1) is 5.56 Å².